The number of primary amides is 1. The van der Waals surface area contributed by atoms with Gasteiger partial charge in [0.25, 0.3) is 0 Å². The summed E-state index contributed by atoms with van der Waals surface area (Å²) in [5.74, 6) is -6.26. The lowest BCUT2D eigenvalue weighted by Crippen LogP contribution is -2.53. The Morgan fingerprint density at radius 2 is 1.35 bits per heavy atom. The summed E-state index contributed by atoms with van der Waals surface area (Å²) in [7, 11) is 2.16. The Balaban J connectivity index is 2.70. The quantitative estimate of drug-likeness (QED) is 0.332. The van der Waals surface area contributed by atoms with E-state index in [4.69, 9.17) is 5.73 Å². The minimum Gasteiger partial charge on any atom is -0.468 e. The molecule has 0 fully saturated rings. The molecule has 0 heterocycles. The van der Waals surface area contributed by atoms with Gasteiger partial charge in [0.1, 0.15) is 6.04 Å². The van der Waals surface area contributed by atoms with Gasteiger partial charge < -0.3 is 25.8 Å². The Morgan fingerprint density at radius 3 is 1.81 bits per heavy atom. The number of methoxy groups -OCH3 is 2. The maximum Gasteiger partial charge on any atom is 0.320 e. The highest BCUT2D eigenvalue weighted by atomic mass is 16.5. The van der Waals surface area contributed by atoms with Crippen LogP contribution in [0.2, 0.25) is 0 Å². The molecule has 0 aliphatic carbocycles. The van der Waals surface area contributed by atoms with Crippen LogP contribution in [0.4, 0.5) is 0 Å². The number of nitrogens with one attached hydrogen (secondary N) is 2. The van der Waals surface area contributed by atoms with E-state index >= 15 is 0 Å². The van der Waals surface area contributed by atoms with Crippen LogP contribution in [0.5, 0.6) is 0 Å². The molecule has 0 saturated heterocycles. The van der Waals surface area contributed by atoms with E-state index in [9.17, 15) is 24.0 Å². The van der Waals surface area contributed by atoms with Gasteiger partial charge in [0, 0.05) is 18.8 Å². The van der Waals surface area contributed by atoms with Crippen molar-refractivity contribution in [2.75, 3.05) is 14.2 Å². The van der Waals surface area contributed by atoms with E-state index in [1.54, 1.807) is 0 Å². The second kappa shape index (κ2) is 12.3. The van der Waals surface area contributed by atoms with Crippen LogP contribution >= 0.6 is 0 Å². The largest absolute Gasteiger partial charge is 0.468 e. The van der Waals surface area contributed by atoms with Crippen LogP contribution in [0.1, 0.15) is 38.3 Å². The highest BCUT2D eigenvalue weighted by Crippen LogP contribution is 2.20. The lowest BCUT2D eigenvalue weighted by Gasteiger charge is -2.26. The Morgan fingerprint density at radius 1 is 0.871 bits per heavy atom. The third-order valence-corrected chi connectivity index (χ3v) is 4.84. The molecule has 1 aromatic carbocycles. The molecule has 4 N–H and O–H groups in total. The number of esters is 2. The van der Waals surface area contributed by atoms with Crippen LogP contribution in [-0.4, -0.2) is 49.9 Å². The van der Waals surface area contributed by atoms with Crippen LogP contribution in [0.25, 0.3) is 0 Å². The second-order valence-corrected chi connectivity index (χ2v) is 7.03. The van der Waals surface area contributed by atoms with Crippen LogP contribution in [0, 0.1) is 11.8 Å². The molecular formula is C21H29N3O7. The second-order valence-electron chi connectivity index (χ2n) is 7.03. The summed E-state index contributed by atoms with van der Waals surface area (Å²) in [6.07, 6.45) is -0.342. The van der Waals surface area contributed by atoms with E-state index in [0.717, 1.165) is 19.8 Å². The average Bonchev–Trinajstić information content (AvgIpc) is 2.75. The number of amides is 3. The normalized spacial score (nSPS) is 13.5. The molecule has 1 aromatic rings. The Hall–Kier alpha value is -3.43. The van der Waals surface area contributed by atoms with Gasteiger partial charge in [-0.15, -0.1) is 0 Å². The minimum absolute atomic E-state index is 0.125. The first-order valence-corrected chi connectivity index (χ1v) is 9.71. The number of carbonyl (C=O) groups is 5. The van der Waals surface area contributed by atoms with Gasteiger partial charge >= 0.3 is 11.9 Å². The molecule has 0 aromatic heterocycles. The van der Waals surface area contributed by atoms with Gasteiger partial charge in [-0.3, -0.25) is 24.0 Å². The summed E-state index contributed by atoms with van der Waals surface area (Å²) < 4.78 is 9.17. The lowest BCUT2D eigenvalue weighted by molar-refractivity contribution is -0.162. The zero-order chi connectivity index (χ0) is 23.6. The molecule has 170 valence electrons. The van der Waals surface area contributed by atoms with Crippen molar-refractivity contribution in [2.24, 2.45) is 17.6 Å². The predicted molar refractivity (Wildman–Crippen MR) is 110 cm³/mol. The summed E-state index contributed by atoms with van der Waals surface area (Å²) >= 11 is 0. The van der Waals surface area contributed by atoms with E-state index in [2.05, 4.69) is 20.1 Å². The van der Waals surface area contributed by atoms with Gasteiger partial charge in [-0.1, -0.05) is 37.3 Å². The molecule has 0 unspecified atom stereocenters. The molecule has 3 amide bonds. The van der Waals surface area contributed by atoms with Gasteiger partial charge in [0.05, 0.1) is 20.3 Å². The minimum atomic E-state index is -1.46. The van der Waals surface area contributed by atoms with Crippen molar-refractivity contribution in [1.29, 1.82) is 0 Å². The van der Waals surface area contributed by atoms with Gasteiger partial charge in [-0.2, -0.15) is 0 Å². The summed E-state index contributed by atoms with van der Waals surface area (Å²) in [5, 5.41) is 5.17. The molecule has 0 aliphatic rings. The average molecular weight is 435 g/mol. The molecule has 1 rings (SSSR count). The van der Waals surface area contributed by atoms with Gasteiger partial charge in [0.2, 0.25) is 17.7 Å². The maximum absolute atomic E-state index is 12.3. The van der Waals surface area contributed by atoms with Crippen molar-refractivity contribution in [3.05, 3.63) is 35.9 Å². The number of rotatable bonds is 11. The number of hydrogen-bond acceptors (Lipinski definition) is 7. The van der Waals surface area contributed by atoms with Crippen LogP contribution in [0.15, 0.2) is 30.3 Å². The van der Waals surface area contributed by atoms with Gasteiger partial charge in [-0.05, 0) is 12.5 Å². The first-order chi connectivity index (χ1) is 14.6. The highest BCUT2D eigenvalue weighted by molar-refractivity contribution is 5.97. The Bertz CT molecular complexity index is 781. The molecule has 0 saturated carbocycles. The van der Waals surface area contributed by atoms with Crippen molar-refractivity contribution in [2.45, 2.75) is 38.8 Å². The van der Waals surface area contributed by atoms with E-state index in [1.807, 2.05) is 37.3 Å². The monoisotopic (exact) mass is 435 g/mol. The number of ether oxygens (including phenoxy) is 2. The third-order valence-electron chi connectivity index (χ3n) is 4.84. The van der Waals surface area contributed by atoms with Crippen LogP contribution in [-0.2, 0) is 33.4 Å². The van der Waals surface area contributed by atoms with Crippen LogP contribution in [0.3, 0.4) is 0 Å². The van der Waals surface area contributed by atoms with Gasteiger partial charge in [0.15, 0.2) is 5.92 Å². The number of nitrogens with two attached hydrogens (primary N) is 1. The molecule has 0 aliphatic heterocycles. The molecule has 31 heavy (non-hydrogen) atoms. The fourth-order valence-electron chi connectivity index (χ4n) is 3.04. The fourth-order valence-corrected chi connectivity index (χ4v) is 3.04. The Kier molecular flexibility index (Phi) is 10.2. The molecule has 10 heteroatoms. The summed E-state index contributed by atoms with van der Waals surface area (Å²) in [5.41, 5.74) is 6.27. The topological polar surface area (TPSA) is 154 Å². The first-order valence-electron chi connectivity index (χ1n) is 9.71. The molecule has 0 spiro atoms. The fraction of sp³-hybridized carbons (Fsp3) is 0.476. The predicted octanol–water partition coefficient (Wildman–Crippen LogP) is 0.212. The lowest BCUT2D eigenvalue weighted by atomic mass is 9.86. The van der Waals surface area contributed by atoms with E-state index < -0.39 is 41.6 Å². The van der Waals surface area contributed by atoms with Crippen molar-refractivity contribution in [3.63, 3.8) is 0 Å². The third kappa shape index (κ3) is 7.72. The van der Waals surface area contributed by atoms with Crippen LogP contribution < -0.4 is 16.4 Å². The zero-order valence-corrected chi connectivity index (χ0v) is 18.0. The molecule has 0 bridgehead atoms. The van der Waals surface area contributed by atoms with Crippen molar-refractivity contribution in [3.8, 4) is 0 Å². The van der Waals surface area contributed by atoms with Crippen molar-refractivity contribution in [1.82, 2.24) is 10.6 Å². The summed E-state index contributed by atoms with van der Waals surface area (Å²) in [6, 6.07) is 7.73. The molecular weight excluding hydrogens is 406 g/mol. The molecule has 3 atom stereocenters. The number of benzene rings is 1. The van der Waals surface area contributed by atoms with Crippen molar-refractivity contribution < 1.29 is 33.4 Å². The summed E-state index contributed by atoms with van der Waals surface area (Å²) in [4.78, 5) is 60.2. The smallest absolute Gasteiger partial charge is 0.320 e. The Labute approximate surface area is 180 Å². The van der Waals surface area contributed by atoms with Gasteiger partial charge in [-0.25, -0.2) is 0 Å². The number of carbonyl (C=O) groups excluding carboxylic acids is 5. The summed E-state index contributed by atoms with van der Waals surface area (Å²) in [6.45, 7) is 3.21. The standard InChI is InChI=1S/C21H29N3O7/c1-12(17(20(28)30-3)21(29)31-4)18(19(22)27)24-16(26)11-10-15(25)23-13(2)14-8-6-5-7-9-14/h5-9,12-13,17-18H,10-11H2,1-4H3,(H2,22,27)(H,23,25)(H,24,26)/t12-,13+,18-/m0/s1. The first kappa shape index (κ1) is 25.6. The zero-order valence-electron chi connectivity index (χ0n) is 18.0. The number of hydrogen-bond donors (Lipinski definition) is 3. The van der Waals surface area contributed by atoms with E-state index in [-0.39, 0.29) is 24.8 Å². The molecule has 10 nitrogen and oxygen atoms in total. The van der Waals surface area contributed by atoms with Crippen molar-refractivity contribution >= 4 is 29.7 Å². The van der Waals surface area contributed by atoms with E-state index in [1.165, 1.54) is 6.92 Å². The molecule has 0 radical (unpaired) electrons. The van der Waals surface area contributed by atoms with E-state index in [0.29, 0.717) is 0 Å². The SMILES string of the molecule is COC(=O)C(C(=O)OC)[C@H](C)[C@H](NC(=O)CCC(=O)N[C@H](C)c1ccccc1)C(N)=O. The maximum atomic E-state index is 12.3. The highest BCUT2D eigenvalue weighted by Gasteiger charge is 2.41.